The Morgan fingerprint density at radius 1 is 1.26 bits per heavy atom. The standard InChI is InChI=1S/C22H25N5O3S/c1-15-2-4-18(5-3-15)31(29,30)11-8-21(28)27-10-7-17(14-27)22-19(13-25-26-22)16-6-9-24-20(23)12-16/h2-6,9,12-13,17H,7-8,10-11,14H2,1H3,(H2,23,24)(H,25,26)/t17-/m0/s1. The Bertz CT molecular complexity index is 1190. The van der Waals surface area contributed by atoms with E-state index in [-0.39, 0.29) is 28.9 Å². The summed E-state index contributed by atoms with van der Waals surface area (Å²) in [6, 6.07) is 10.4. The van der Waals surface area contributed by atoms with E-state index in [0.717, 1.165) is 28.8 Å². The second kappa shape index (κ2) is 8.50. The maximum atomic E-state index is 12.7. The highest BCUT2D eigenvalue weighted by molar-refractivity contribution is 7.91. The maximum absolute atomic E-state index is 12.7. The number of hydrogen-bond acceptors (Lipinski definition) is 6. The molecule has 3 aromatic rings. The summed E-state index contributed by atoms with van der Waals surface area (Å²) in [4.78, 5) is 18.7. The van der Waals surface area contributed by atoms with Crippen LogP contribution in [0.3, 0.4) is 0 Å². The number of nitrogens with zero attached hydrogens (tertiary/aromatic N) is 3. The summed E-state index contributed by atoms with van der Waals surface area (Å²) in [7, 11) is -3.49. The summed E-state index contributed by atoms with van der Waals surface area (Å²) in [6.07, 6.45) is 4.16. The first-order chi connectivity index (χ1) is 14.8. The molecule has 0 unspecified atom stereocenters. The second-order valence-electron chi connectivity index (χ2n) is 7.87. The molecule has 2 aromatic heterocycles. The minimum atomic E-state index is -3.49. The van der Waals surface area contributed by atoms with Crippen LogP contribution in [0, 0.1) is 6.92 Å². The van der Waals surface area contributed by atoms with Crippen molar-refractivity contribution in [1.29, 1.82) is 0 Å². The topological polar surface area (TPSA) is 122 Å². The summed E-state index contributed by atoms with van der Waals surface area (Å²) >= 11 is 0. The molecule has 162 valence electrons. The first-order valence-electron chi connectivity index (χ1n) is 10.2. The molecule has 1 aliphatic heterocycles. The molecule has 3 N–H and O–H groups in total. The van der Waals surface area contributed by atoms with Gasteiger partial charge in [0.25, 0.3) is 0 Å². The van der Waals surface area contributed by atoms with Gasteiger partial charge >= 0.3 is 0 Å². The van der Waals surface area contributed by atoms with Crippen molar-refractivity contribution < 1.29 is 13.2 Å². The summed E-state index contributed by atoms with van der Waals surface area (Å²) in [6.45, 7) is 3.02. The van der Waals surface area contributed by atoms with Crippen LogP contribution < -0.4 is 5.73 Å². The number of rotatable bonds is 6. The number of H-pyrrole nitrogens is 1. The van der Waals surface area contributed by atoms with Crippen LogP contribution in [0.4, 0.5) is 5.82 Å². The highest BCUT2D eigenvalue weighted by atomic mass is 32.2. The van der Waals surface area contributed by atoms with Gasteiger partial charge in [-0.25, -0.2) is 13.4 Å². The molecule has 1 saturated heterocycles. The van der Waals surface area contributed by atoms with Crippen molar-refractivity contribution in [3.63, 3.8) is 0 Å². The van der Waals surface area contributed by atoms with Crippen LogP contribution >= 0.6 is 0 Å². The van der Waals surface area contributed by atoms with Crippen LogP contribution in [0.2, 0.25) is 0 Å². The molecule has 0 spiro atoms. The van der Waals surface area contributed by atoms with Crippen molar-refractivity contribution in [2.45, 2.75) is 30.6 Å². The lowest BCUT2D eigenvalue weighted by Crippen LogP contribution is -2.30. The smallest absolute Gasteiger partial charge is 0.223 e. The average molecular weight is 440 g/mol. The van der Waals surface area contributed by atoms with E-state index in [0.29, 0.717) is 18.9 Å². The van der Waals surface area contributed by atoms with Gasteiger partial charge < -0.3 is 10.6 Å². The molecule has 0 saturated carbocycles. The van der Waals surface area contributed by atoms with E-state index in [1.54, 1.807) is 47.6 Å². The lowest BCUT2D eigenvalue weighted by molar-refractivity contribution is -0.129. The van der Waals surface area contributed by atoms with Crippen LogP contribution in [0.1, 0.15) is 30.0 Å². The fourth-order valence-corrected chi connectivity index (χ4v) is 5.15. The van der Waals surface area contributed by atoms with Gasteiger partial charge in [-0.05, 0) is 43.2 Å². The van der Waals surface area contributed by atoms with Crippen LogP contribution in [0.5, 0.6) is 0 Å². The number of nitrogen functional groups attached to an aromatic ring is 1. The number of aryl methyl sites for hydroxylation is 1. The summed E-state index contributed by atoms with van der Waals surface area (Å²) in [5.74, 6) is 0.196. The van der Waals surface area contributed by atoms with E-state index >= 15 is 0 Å². The third-order valence-corrected chi connectivity index (χ3v) is 7.41. The molecule has 31 heavy (non-hydrogen) atoms. The molecule has 1 amide bonds. The molecule has 4 rings (SSSR count). The van der Waals surface area contributed by atoms with Crippen molar-refractivity contribution in [3.05, 3.63) is 60.0 Å². The number of carbonyl (C=O) groups is 1. The molecule has 1 atom stereocenters. The van der Waals surface area contributed by atoms with E-state index in [1.807, 2.05) is 13.0 Å². The number of nitrogens with one attached hydrogen (secondary N) is 1. The highest BCUT2D eigenvalue weighted by Crippen LogP contribution is 2.33. The van der Waals surface area contributed by atoms with E-state index in [9.17, 15) is 13.2 Å². The minimum absolute atomic E-state index is 0.0281. The Balaban J connectivity index is 1.40. The molecule has 1 aromatic carbocycles. The fraction of sp³-hybridized carbons (Fsp3) is 0.318. The van der Waals surface area contributed by atoms with Crippen LogP contribution in [0.25, 0.3) is 11.1 Å². The van der Waals surface area contributed by atoms with Gasteiger partial charge in [-0.2, -0.15) is 5.10 Å². The van der Waals surface area contributed by atoms with Gasteiger partial charge in [-0.3, -0.25) is 9.89 Å². The van der Waals surface area contributed by atoms with Gasteiger partial charge in [0.2, 0.25) is 5.91 Å². The van der Waals surface area contributed by atoms with E-state index in [4.69, 9.17) is 5.73 Å². The van der Waals surface area contributed by atoms with Gasteiger partial charge in [0, 0.05) is 42.9 Å². The van der Waals surface area contributed by atoms with Gasteiger partial charge in [-0.15, -0.1) is 0 Å². The number of anilines is 1. The first kappa shape index (κ1) is 21.0. The van der Waals surface area contributed by atoms with Crippen molar-refractivity contribution in [3.8, 4) is 11.1 Å². The molecule has 0 bridgehead atoms. The Labute approximate surface area is 181 Å². The minimum Gasteiger partial charge on any atom is -0.384 e. The lowest BCUT2D eigenvalue weighted by Gasteiger charge is -2.17. The van der Waals surface area contributed by atoms with E-state index in [2.05, 4.69) is 15.2 Å². The largest absolute Gasteiger partial charge is 0.384 e. The zero-order valence-corrected chi connectivity index (χ0v) is 18.1. The second-order valence-corrected chi connectivity index (χ2v) is 9.98. The maximum Gasteiger partial charge on any atom is 0.223 e. The predicted molar refractivity (Wildman–Crippen MR) is 118 cm³/mol. The van der Waals surface area contributed by atoms with Crippen molar-refractivity contribution >= 4 is 21.6 Å². The quantitative estimate of drug-likeness (QED) is 0.609. The zero-order valence-electron chi connectivity index (χ0n) is 17.3. The van der Waals surface area contributed by atoms with Crippen molar-refractivity contribution in [2.24, 2.45) is 0 Å². The molecule has 1 fully saturated rings. The Kier molecular flexibility index (Phi) is 5.77. The van der Waals surface area contributed by atoms with E-state index in [1.165, 1.54) is 0 Å². The summed E-state index contributed by atoms with van der Waals surface area (Å²) in [5.41, 5.74) is 9.61. The SMILES string of the molecule is Cc1ccc(S(=O)(=O)CCC(=O)N2CC[C@H](c3[nH]ncc3-c3ccnc(N)c3)C2)cc1. The summed E-state index contributed by atoms with van der Waals surface area (Å²) in [5, 5.41) is 7.24. The van der Waals surface area contributed by atoms with Crippen molar-refractivity contribution in [2.75, 3.05) is 24.6 Å². The Hall–Kier alpha value is -3.20. The number of nitrogens with two attached hydrogens (primary N) is 1. The Morgan fingerprint density at radius 2 is 2.03 bits per heavy atom. The third-order valence-electron chi connectivity index (χ3n) is 5.67. The molecule has 1 aliphatic rings. The normalized spacial score (nSPS) is 16.5. The number of amides is 1. The van der Waals surface area contributed by atoms with Crippen LogP contribution in [-0.4, -0.2) is 53.2 Å². The third kappa shape index (κ3) is 4.61. The average Bonchev–Trinajstić information content (AvgIpc) is 3.42. The molecule has 8 nitrogen and oxygen atoms in total. The molecule has 0 aliphatic carbocycles. The number of likely N-dealkylation sites (tertiary alicyclic amines) is 1. The van der Waals surface area contributed by atoms with Gasteiger partial charge in [0.1, 0.15) is 5.82 Å². The predicted octanol–water partition coefficient (Wildman–Crippen LogP) is 2.54. The first-order valence-corrected chi connectivity index (χ1v) is 11.8. The zero-order chi connectivity index (χ0) is 22.0. The Morgan fingerprint density at radius 3 is 2.77 bits per heavy atom. The fourth-order valence-electron chi connectivity index (χ4n) is 3.92. The molecule has 3 heterocycles. The molecular formula is C22H25N5O3S. The number of pyridine rings is 1. The molecule has 9 heteroatoms. The monoisotopic (exact) mass is 439 g/mol. The van der Waals surface area contributed by atoms with Gasteiger partial charge in [0.05, 0.1) is 16.8 Å². The summed E-state index contributed by atoms with van der Waals surface area (Å²) < 4.78 is 25.1. The highest BCUT2D eigenvalue weighted by Gasteiger charge is 2.30. The lowest BCUT2D eigenvalue weighted by atomic mass is 9.97. The number of aromatic nitrogens is 3. The van der Waals surface area contributed by atoms with Crippen LogP contribution in [-0.2, 0) is 14.6 Å². The van der Waals surface area contributed by atoms with Gasteiger partial charge in [0.15, 0.2) is 9.84 Å². The number of carbonyl (C=O) groups excluding carboxylic acids is 1. The van der Waals surface area contributed by atoms with E-state index < -0.39 is 9.84 Å². The number of benzene rings is 1. The molecule has 0 radical (unpaired) electrons. The number of sulfone groups is 1. The molecular weight excluding hydrogens is 414 g/mol. The van der Waals surface area contributed by atoms with Crippen molar-refractivity contribution in [1.82, 2.24) is 20.1 Å². The van der Waals surface area contributed by atoms with Gasteiger partial charge in [-0.1, -0.05) is 17.7 Å². The van der Waals surface area contributed by atoms with Crippen LogP contribution in [0.15, 0.2) is 53.7 Å². The number of hydrogen-bond donors (Lipinski definition) is 2. The number of aromatic amines is 1.